The maximum Gasteiger partial charge on any atom is 0.416 e. The van der Waals surface area contributed by atoms with Gasteiger partial charge in [0.1, 0.15) is 5.92 Å². The lowest BCUT2D eigenvalue weighted by Crippen LogP contribution is -2.31. The van der Waals surface area contributed by atoms with Gasteiger partial charge in [-0.25, -0.2) is 0 Å². The van der Waals surface area contributed by atoms with E-state index in [2.05, 4.69) is 0 Å². The Hall–Kier alpha value is -2.63. The van der Waals surface area contributed by atoms with Crippen LogP contribution in [0, 0.1) is 11.8 Å². The predicted octanol–water partition coefficient (Wildman–Crippen LogP) is 4.47. The molecule has 2 aromatic rings. The van der Waals surface area contributed by atoms with Gasteiger partial charge >= 0.3 is 12.1 Å². The van der Waals surface area contributed by atoms with Crippen molar-refractivity contribution in [3.05, 3.63) is 71.3 Å². The summed E-state index contributed by atoms with van der Waals surface area (Å²) in [5.41, 5.74) is -0.0324. The van der Waals surface area contributed by atoms with Crippen molar-refractivity contribution < 1.29 is 27.9 Å². The van der Waals surface area contributed by atoms with E-state index in [1.165, 1.54) is 0 Å². The van der Waals surface area contributed by atoms with Gasteiger partial charge in [0.05, 0.1) is 5.56 Å². The van der Waals surface area contributed by atoms with E-state index < -0.39 is 35.3 Å². The van der Waals surface area contributed by atoms with Crippen LogP contribution in [0.15, 0.2) is 54.6 Å². The maximum absolute atomic E-state index is 12.6. The largest absolute Gasteiger partial charge is 0.481 e. The molecule has 0 saturated carbocycles. The summed E-state index contributed by atoms with van der Waals surface area (Å²) in [6.45, 7) is 1.65. The number of Topliss-reactive ketones (excluding diaryl/α,β-unsaturated/α-hetero) is 1. The van der Waals surface area contributed by atoms with E-state index in [9.17, 15) is 27.9 Å². The number of hydrogen-bond acceptors (Lipinski definition) is 2. The Balaban J connectivity index is 2.21. The summed E-state index contributed by atoms with van der Waals surface area (Å²) in [5.74, 6) is -3.80. The first-order valence-electron chi connectivity index (χ1n) is 7.68. The van der Waals surface area contributed by atoms with E-state index in [0.717, 1.165) is 29.8 Å². The zero-order valence-electron chi connectivity index (χ0n) is 13.5. The summed E-state index contributed by atoms with van der Waals surface area (Å²) in [5, 5.41) is 9.44. The van der Waals surface area contributed by atoms with Crippen LogP contribution < -0.4 is 0 Å². The average Bonchev–Trinajstić information content (AvgIpc) is 2.54. The molecule has 2 unspecified atom stereocenters. The number of carbonyl (C=O) groups excluding carboxylic acids is 1. The molecule has 1 N–H and O–H groups in total. The van der Waals surface area contributed by atoms with Crippen molar-refractivity contribution in [1.82, 2.24) is 0 Å². The molecule has 3 nitrogen and oxygen atoms in total. The highest BCUT2D eigenvalue weighted by atomic mass is 19.4. The van der Waals surface area contributed by atoms with Crippen LogP contribution in [0.2, 0.25) is 0 Å². The molecular formula is C19H17F3O3. The van der Waals surface area contributed by atoms with Crippen LogP contribution in [0.1, 0.15) is 28.4 Å². The molecule has 0 spiro atoms. The van der Waals surface area contributed by atoms with E-state index in [-0.39, 0.29) is 5.56 Å². The topological polar surface area (TPSA) is 54.4 Å². The van der Waals surface area contributed by atoms with Gasteiger partial charge in [-0.3, -0.25) is 9.59 Å². The molecule has 0 amide bonds. The van der Waals surface area contributed by atoms with E-state index in [1.807, 2.05) is 30.3 Å². The van der Waals surface area contributed by atoms with Gasteiger partial charge in [-0.1, -0.05) is 49.4 Å². The van der Waals surface area contributed by atoms with Crippen molar-refractivity contribution >= 4 is 11.8 Å². The lowest BCUT2D eigenvalue weighted by Gasteiger charge is -2.19. The van der Waals surface area contributed by atoms with Crippen molar-refractivity contribution in [3.63, 3.8) is 0 Å². The summed E-state index contributed by atoms with van der Waals surface area (Å²) in [4.78, 5) is 24.1. The van der Waals surface area contributed by atoms with Gasteiger partial charge in [-0.15, -0.1) is 0 Å². The first-order chi connectivity index (χ1) is 11.7. The summed E-state index contributed by atoms with van der Waals surface area (Å²) in [6.07, 6.45) is -4.13. The van der Waals surface area contributed by atoms with Crippen molar-refractivity contribution in [2.45, 2.75) is 19.5 Å². The zero-order chi connectivity index (χ0) is 18.6. The Morgan fingerprint density at radius 1 is 1.00 bits per heavy atom. The molecule has 0 heterocycles. The van der Waals surface area contributed by atoms with Gasteiger partial charge in [0, 0.05) is 5.56 Å². The highest BCUT2D eigenvalue weighted by Gasteiger charge is 2.34. The number of carbonyl (C=O) groups is 2. The second-order valence-corrected chi connectivity index (χ2v) is 5.92. The molecule has 2 rings (SSSR count). The summed E-state index contributed by atoms with van der Waals surface area (Å²) in [7, 11) is 0. The molecule has 0 aromatic heterocycles. The third-order valence-corrected chi connectivity index (χ3v) is 4.01. The maximum atomic E-state index is 12.6. The molecule has 0 aliphatic rings. The number of rotatable bonds is 6. The molecular weight excluding hydrogens is 333 g/mol. The van der Waals surface area contributed by atoms with Crippen molar-refractivity contribution in [3.8, 4) is 0 Å². The SMILES string of the molecule is CC(Cc1ccccc1)C(C(=O)O)C(=O)c1ccc(C(F)(F)F)cc1. The van der Waals surface area contributed by atoms with Crippen molar-refractivity contribution in [2.75, 3.05) is 0 Å². The number of carboxylic acid groups (broad SMARTS) is 1. The lowest BCUT2D eigenvalue weighted by molar-refractivity contribution is -0.141. The van der Waals surface area contributed by atoms with E-state index in [4.69, 9.17) is 0 Å². The summed E-state index contributed by atoms with van der Waals surface area (Å²) >= 11 is 0. The number of aliphatic carboxylic acids is 1. The van der Waals surface area contributed by atoms with E-state index in [0.29, 0.717) is 6.42 Å². The molecule has 2 aromatic carbocycles. The number of alkyl halides is 3. The summed E-state index contributed by atoms with van der Waals surface area (Å²) in [6, 6.07) is 12.7. The first-order valence-corrected chi connectivity index (χ1v) is 7.68. The quantitative estimate of drug-likeness (QED) is 0.618. The van der Waals surface area contributed by atoms with E-state index in [1.54, 1.807) is 6.92 Å². The second-order valence-electron chi connectivity index (χ2n) is 5.92. The smallest absolute Gasteiger partial charge is 0.416 e. The number of hydrogen-bond donors (Lipinski definition) is 1. The average molecular weight is 350 g/mol. The van der Waals surface area contributed by atoms with E-state index >= 15 is 0 Å². The Labute approximate surface area is 143 Å². The molecule has 25 heavy (non-hydrogen) atoms. The van der Waals surface area contributed by atoms with Crippen molar-refractivity contribution in [1.29, 1.82) is 0 Å². The second kappa shape index (κ2) is 7.51. The summed E-state index contributed by atoms with van der Waals surface area (Å²) < 4.78 is 37.8. The van der Waals surface area contributed by atoms with Gasteiger partial charge in [0.15, 0.2) is 5.78 Å². The fourth-order valence-corrected chi connectivity index (χ4v) is 2.72. The molecule has 0 fully saturated rings. The minimum Gasteiger partial charge on any atom is -0.481 e. The Morgan fingerprint density at radius 3 is 2.04 bits per heavy atom. The molecule has 2 atom stereocenters. The number of carboxylic acids is 1. The molecule has 0 aliphatic carbocycles. The van der Waals surface area contributed by atoms with Gasteiger partial charge in [0.2, 0.25) is 0 Å². The number of ketones is 1. The molecule has 132 valence electrons. The Kier molecular flexibility index (Phi) is 5.62. The normalized spacial score (nSPS) is 13.9. The predicted molar refractivity (Wildman–Crippen MR) is 86.2 cm³/mol. The van der Waals surface area contributed by atoms with Gasteiger partial charge in [0.25, 0.3) is 0 Å². The van der Waals surface area contributed by atoms with Crippen LogP contribution in [0.25, 0.3) is 0 Å². The molecule has 0 aliphatic heterocycles. The highest BCUT2D eigenvalue weighted by molar-refractivity contribution is 6.08. The fourth-order valence-electron chi connectivity index (χ4n) is 2.72. The molecule has 0 saturated heterocycles. The van der Waals surface area contributed by atoms with Crippen LogP contribution in [0.3, 0.4) is 0 Å². The third kappa shape index (κ3) is 4.68. The zero-order valence-corrected chi connectivity index (χ0v) is 13.5. The third-order valence-electron chi connectivity index (χ3n) is 4.01. The van der Waals surface area contributed by atoms with Gasteiger partial charge < -0.3 is 5.11 Å². The first kappa shape index (κ1) is 18.7. The standard InChI is InChI=1S/C19H17F3O3/c1-12(11-13-5-3-2-4-6-13)16(18(24)25)17(23)14-7-9-15(10-8-14)19(20,21)22/h2-10,12,16H,11H2,1H3,(H,24,25). The number of halogens is 3. The van der Waals surface area contributed by atoms with Crippen LogP contribution >= 0.6 is 0 Å². The molecule has 0 radical (unpaired) electrons. The lowest BCUT2D eigenvalue weighted by atomic mass is 9.83. The van der Waals surface area contributed by atoms with Crippen LogP contribution in [0.5, 0.6) is 0 Å². The minimum absolute atomic E-state index is 0.0414. The van der Waals surface area contributed by atoms with Gasteiger partial charge in [-0.2, -0.15) is 13.2 Å². The number of benzene rings is 2. The monoisotopic (exact) mass is 350 g/mol. The van der Waals surface area contributed by atoms with Crippen LogP contribution in [-0.4, -0.2) is 16.9 Å². The highest BCUT2D eigenvalue weighted by Crippen LogP contribution is 2.30. The van der Waals surface area contributed by atoms with Crippen molar-refractivity contribution in [2.24, 2.45) is 11.8 Å². The van der Waals surface area contributed by atoms with Crippen LogP contribution in [-0.2, 0) is 17.4 Å². The van der Waals surface area contributed by atoms with Gasteiger partial charge in [-0.05, 0) is 30.0 Å². The fraction of sp³-hybridized carbons (Fsp3) is 0.263. The molecule has 6 heteroatoms. The molecule has 0 bridgehead atoms. The minimum atomic E-state index is -4.51. The Morgan fingerprint density at radius 2 is 1.56 bits per heavy atom. The van der Waals surface area contributed by atoms with Crippen LogP contribution in [0.4, 0.5) is 13.2 Å². The Bertz CT molecular complexity index is 737.